The summed E-state index contributed by atoms with van der Waals surface area (Å²) in [4.78, 5) is 12.1. The molecule has 0 heterocycles. The third-order valence-electron chi connectivity index (χ3n) is 4.16. The van der Waals surface area contributed by atoms with Gasteiger partial charge in [0.1, 0.15) is 5.75 Å². The van der Waals surface area contributed by atoms with E-state index in [0.717, 1.165) is 16.9 Å². The van der Waals surface area contributed by atoms with E-state index in [1.54, 1.807) is 7.11 Å². The van der Waals surface area contributed by atoms with Gasteiger partial charge in [-0.15, -0.1) is 0 Å². The maximum atomic E-state index is 12.1. The van der Waals surface area contributed by atoms with Crippen molar-refractivity contribution >= 4 is 5.91 Å². The molecule has 1 amide bonds. The summed E-state index contributed by atoms with van der Waals surface area (Å²) in [5, 5.41) is 13.0. The van der Waals surface area contributed by atoms with E-state index in [0.29, 0.717) is 6.54 Å². The van der Waals surface area contributed by atoms with Crippen molar-refractivity contribution in [3.05, 3.63) is 65.7 Å². The number of benzene rings is 2. The molecule has 0 aliphatic heterocycles. The zero-order valence-corrected chi connectivity index (χ0v) is 14.5. The molecule has 1 atom stereocenters. The van der Waals surface area contributed by atoms with Gasteiger partial charge in [0.25, 0.3) is 0 Å². The number of hydrogen-bond acceptors (Lipinski definition) is 3. The predicted octanol–water partition coefficient (Wildman–Crippen LogP) is 3.21. The molecule has 0 saturated carbocycles. The summed E-state index contributed by atoms with van der Waals surface area (Å²) in [5.74, 6) is 0.650. The Morgan fingerprint density at radius 3 is 2.33 bits per heavy atom. The minimum Gasteiger partial charge on any atom is -0.497 e. The highest BCUT2D eigenvalue weighted by Crippen LogP contribution is 2.24. The van der Waals surface area contributed by atoms with Gasteiger partial charge in [-0.1, -0.05) is 56.3 Å². The third kappa shape index (κ3) is 4.83. The second-order valence-corrected chi connectivity index (χ2v) is 6.52. The van der Waals surface area contributed by atoms with Crippen LogP contribution in [0.5, 0.6) is 5.75 Å². The van der Waals surface area contributed by atoms with Gasteiger partial charge in [-0.05, 0) is 23.3 Å². The van der Waals surface area contributed by atoms with Gasteiger partial charge in [-0.2, -0.15) is 0 Å². The van der Waals surface area contributed by atoms with E-state index in [1.165, 1.54) is 0 Å². The minimum absolute atomic E-state index is 0.0582. The fourth-order valence-corrected chi connectivity index (χ4v) is 2.50. The number of hydrogen-bond donors (Lipinski definition) is 2. The van der Waals surface area contributed by atoms with Crippen LogP contribution in [-0.2, 0) is 10.2 Å². The third-order valence-corrected chi connectivity index (χ3v) is 4.16. The number of aliphatic hydroxyl groups excluding tert-OH is 1. The van der Waals surface area contributed by atoms with Crippen molar-refractivity contribution in [3.8, 4) is 5.75 Å². The SMILES string of the molecule is COc1ccc(C(C)(C)CNC(=O)CC(O)c2ccccc2)cc1. The van der Waals surface area contributed by atoms with Crippen molar-refractivity contribution in [3.63, 3.8) is 0 Å². The number of nitrogens with one attached hydrogen (secondary N) is 1. The quantitative estimate of drug-likeness (QED) is 0.821. The molecule has 0 bridgehead atoms. The fourth-order valence-electron chi connectivity index (χ4n) is 2.50. The fraction of sp³-hybridized carbons (Fsp3) is 0.350. The first kappa shape index (κ1) is 18.0. The Kier molecular flexibility index (Phi) is 5.99. The Bertz CT molecular complexity index is 650. The summed E-state index contributed by atoms with van der Waals surface area (Å²) < 4.78 is 5.17. The summed E-state index contributed by atoms with van der Waals surface area (Å²) >= 11 is 0. The highest BCUT2D eigenvalue weighted by molar-refractivity contribution is 5.76. The van der Waals surface area contributed by atoms with Crippen molar-refractivity contribution in [2.45, 2.75) is 31.8 Å². The number of amides is 1. The van der Waals surface area contributed by atoms with Gasteiger partial charge in [0.2, 0.25) is 5.91 Å². The number of aliphatic hydroxyl groups is 1. The second-order valence-electron chi connectivity index (χ2n) is 6.52. The molecule has 24 heavy (non-hydrogen) atoms. The van der Waals surface area contributed by atoms with Gasteiger partial charge >= 0.3 is 0 Å². The Morgan fingerprint density at radius 2 is 1.75 bits per heavy atom. The molecule has 4 nitrogen and oxygen atoms in total. The summed E-state index contributed by atoms with van der Waals surface area (Å²) in [5.41, 5.74) is 1.66. The van der Waals surface area contributed by atoms with Gasteiger partial charge in [0.15, 0.2) is 0 Å². The van der Waals surface area contributed by atoms with Crippen molar-refractivity contribution in [2.24, 2.45) is 0 Å². The van der Waals surface area contributed by atoms with Crippen LogP contribution in [0, 0.1) is 0 Å². The van der Waals surface area contributed by atoms with E-state index in [2.05, 4.69) is 19.2 Å². The normalized spacial score (nSPS) is 12.5. The smallest absolute Gasteiger partial charge is 0.222 e. The topological polar surface area (TPSA) is 58.6 Å². The molecule has 0 spiro atoms. The lowest BCUT2D eigenvalue weighted by Crippen LogP contribution is -2.37. The van der Waals surface area contributed by atoms with Crippen LogP contribution in [0.15, 0.2) is 54.6 Å². The van der Waals surface area contributed by atoms with Crippen LogP contribution in [-0.4, -0.2) is 24.7 Å². The number of methoxy groups -OCH3 is 1. The Balaban J connectivity index is 1.89. The summed E-state index contributed by atoms with van der Waals surface area (Å²) in [6.45, 7) is 4.64. The first-order chi connectivity index (χ1) is 11.4. The average Bonchev–Trinajstić information content (AvgIpc) is 2.61. The van der Waals surface area contributed by atoms with Gasteiger partial charge < -0.3 is 15.2 Å². The molecule has 0 fully saturated rings. The monoisotopic (exact) mass is 327 g/mol. The Morgan fingerprint density at radius 1 is 1.12 bits per heavy atom. The van der Waals surface area contributed by atoms with Gasteiger partial charge in [0.05, 0.1) is 19.6 Å². The standard InChI is InChI=1S/C20H25NO3/c1-20(2,16-9-11-17(24-3)12-10-16)14-21-19(23)13-18(22)15-7-5-4-6-8-15/h4-12,18,22H,13-14H2,1-3H3,(H,21,23). The molecule has 2 aromatic rings. The highest BCUT2D eigenvalue weighted by atomic mass is 16.5. The zero-order valence-electron chi connectivity index (χ0n) is 14.5. The Hall–Kier alpha value is -2.33. The van der Waals surface area contributed by atoms with Crippen LogP contribution in [0.25, 0.3) is 0 Å². The van der Waals surface area contributed by atoms with Crippen LogP contribution in [0.4, 0.5) is 0 Å². The average molecular weight is 327 g/mol. The van der Waals surface area contributed by atoms with Gasteiger partial charge in [0, 0.05) is 12.0 Å². The molecular formula is C20H25NO3. The van der Waals surface area contributed by atoms with E-state index in [1.807, 2.05) is 54.6 Å². The van der Waals surface area contributed by atoms with Crippen LogP contribution in [0.1, 0.15) is 37.5 Å². The molecule has 2 aromatic carbocycles. The lowest BCUT2D eigenvalue weighted by atomic mass is 9.84. The highest BCUT2D eigenvalue weighted by Gasteiger charge is 2.22. The second kappa shape index (κ2) is 7.97. The van der Waals surface area contributed by atoms with E-state index >= 15 is 0 Å². The maximum Gasteiger partial charge on any atom is 0.222 e. The molecule has 0 saturated heterocycles. The minimum atomic E-state index is -0.782. The molecule has 4 heteroatoms. The molecule has 1 unspecified atom stereocenters. The van der Waals surface area contributed by atoms with Crippen molar-refractivity contribution in [2.75, 3.05) is 13.7 Å². The predicted molar refractivity (Wildman–Crippen MR) is 95.0 cm³/mol. The molecule has 0 aliphatic carbocycles. The number of rotatable bonds is 7. The van der Waals surface area contributed by atoms with Crippen LogP contribution in [0.2, 0.25) is 0 Å². The number of carbonyl (C=O) groups excluding carboxylic acids is 1. The molecule has 0 radical (unpaired) electrons. The van der Waals surface area contributed by atoms with E-state index < -0.39 is 6.10 Å². The van der Waals surface area contributed by atoms with Crippen LogP contribution in [0.3, 0.4) is 0 Å². The van der Waals surface area contributed by atoms with E-state index in [-0.39, 0.29) is 17.7 Å². The number of carbonyl (C=O) groups is 1. The lowest BCUT2D eigenvalue weighted by Gasteiger charge is -2.26. The largest absolute Gasteiger partial charge is 0.497 e. The van der Waals surface area contributed by atoms with Crippen molar-refractivity contribution < 1.29 is 14.6 Å². The molecule has 0 aromatic heterocycles. The van der Waals surface area contributed by atoms with E-state index in [4.69, 9.17) is 4.74 Å². The molecular weight excluding hydrogens is 302 g/mol. The van der Waals surface area contributed by atoms with Crippen molar-refractivity contribution in [1.29, 1.82) is 0 Å². The zero-order chi connectivity index (χ0) is 17.6. The lowest BCUT2D eigenvalue weighted by molar-refractivity contribution is -0.123. The molecule has 2 rings (SSSR count). The van der Waals surface area contributed by atoms with Gasteiger partial charge in [-0.3, -0.25) is 4.79 Å². The summed E-state index contributed by atoms with van der Waals surface area (Å²) in [6, 6.07) is 17.1. The van der Waals surface area contributed by atoms with Crippen LogP contribution >= 0.6 is 0 Å². The maximum absolute atomic E-state index is 12.1. The first-order valence-electron chi connectivity index (χ1n) is 8.06. The Labute approximate surface area is 143 Å². The summed E-state index contributed by atoms with van der Waals surface area (Å²) in [7, 11) is 1.64. The van der Waals surface area contributed by atoms with Gasteiger partial charge in [-0.25, -0.2) is 0 Å². The van der Waals surface area contributed by atoms with Crippen molar-refractivity contribution in [1.82, 2.24) is 5.32 Å². The summed E-state index contributed by atoms with van der Waals surface area (Å²) in [6.07, 6.45) is -0.724. The molecule has 128 valence electrons. The van der Waals surface area contributed by atoms with E-state index in [9.17, 15) is 9.90 Å². The molecule has 0 aliphatic rings. The first-order valence-corrected chi connectivity index (χ1v) is 8.06. The number of ether oxygens (including phenoxy) is 1. The molecule has 2 N–H and O–H groups in total. The van der Waals surface area contributed by atoms with Crippen LogP contribution < -0.4 is 10.1 Å².